The second-order valence-corrected chi connectivity index (χ2v) is 2.65. The van der Waals surface area contributed by atoms with E-state index in [2.05, 4.69) is 4.98 Å². The fraction of sp³-hybridized carbons (Fsp3) is 0.625. The summed E-state index contributed by atoms with van der Waals surface area (Å²) in [6, 6.07) is 0. The molecule has 0 saturated carbocycles. The van der Waals surface area contributed by atoms with Crippen LogP contribution in [0.2, 0.25) is 0 Å². The molecule has 0 aromatic carbocycles. The molecular formula is C8H14N2O2. The van der Waals surface area contributed by atoms with E-state index in [4.69, 9.17) is 10.2 Å². The van der Waals surface area contributed by atoms with Crippen LogP contribution in [0.3, 0.4) is 0 Å². The van der Waals surface area contributed by atoms with Crippen LogP contribution in [-0.2, 0) is 13.0 Å². The van der Waals surface area contributed by atoms with Crippen molar-refractivity contribution in [2.75, 3.05) is 0 Å². The molecule has 4 heteroatoms. The summed E-state index contributed by atoms with van der Waals surface area (Å²) in [4.78, 5) is 4.12. The van der Waals surface area contributed by atoms with Crippen LogP contribution in [0.5, 0.6) is 0 Å². The SMILES string of the molecule is CCc1nc(CN)c(C(C)O)o1. The van der Waals surface area contributed by atoms with Gasteiger partial charge in [0.2, 0.25) is 0 Å². The van der Waals surface area contributed by atoms with E-state index in [1.807, 2.05) is 6.92 Å². The van der Waals surface area contributed by atoms with Crippen molar-refractivity contribution >= 4 is 0 Å². The molecule has 12 heavy (non-hydrogen) atoms. The maximum absolute atomic E-state index is 9.26. The average Bonchev–Trinajstić information content (AvgIpc) is 2.47. The lowest BCUT2D eigenvalue weighted by Crippen LogP contribution is -2.02. The molecule has 4 nitrogen and oxygen atoms in total. The van der Waals surface area contributed by atoms with Crippen molar-refractivity contribution in [3.8, 4) is 0 Å². The Labute approximate surface area is 71.4 Å². The van der Waals surface area contributed by atoms with Gasteiger partial charge in [-0.05, 0) is 6.92 Å². The lowest BCUT2D eigenvalue weighted by atomic mass is 10.2. The zero-order valence-corrected chi connectivity index (χ0v) is 7.37. The number of hydrogen-bond acceptors (Lipinski definition) is 4. The molecule has 0 aliphatic rings. The summed E-state index contributed by atoms with van der Waals surface area (Å²) < 4.78 is 5.28. The second-order valence-electron chi connectivity index (χ2n) is 2.65. The van der Waals surface area contributed by atoms with Gasteiger partial charge in [-0.15, -0.1) is 0 Å². The van der Waals surface area contributed by atoms with Gasteiger partial charge in [0.15, 0.2) is 11.7 Å². The van der Waals surface area contributed by atoms with Gasteiger partial charge in [0.1, 0.15) is 6.10 Å². The quantitative estimate of drug-likeness (QED) is 0.702. The van der Waals surface area contributed by atoms with E-state index in [0.29, 0.717) is 23.9 Å². The first-order valence-electron chi connectivity index (χ1n) is 4.05. The predicted octanol–water partition coefficient (Wildman–Crippen LogP) is 0.749. The number of hydrogen-bond donors (Lipinski definition) is 2. The molecule has 0 bridgehead atoms. The van der Waals surface area contributed by atoms with Crippen LogP contribution in [0.25, 0.3) is 0 Å². The van der Waals surface area contributed by atoms with Crippen molar-refractivity contribution in [3.05, 3.63) is 17.3 Å². The van der Waals surface area contributed by atoms with Crippen LogP contribution in [0, 0.1) is 0 Å². The number of aromatic nitrogens is 1. The van der Waals surface area contributed by atoms with Gasteiger partial charge in [-0.2, -0.15) is 0 Å². The summed E-state index contributed by atoms with van der Waals surface area (Å²) in [5.74, 6) is 1.13. The normalized spacial score (nSPS) is 13.3. The molecule has 0 spiro atoms. The zero-order valence-electron chi connectivity index (χ0n) is 7.37. The fourth-order valence-electron chi connectivity index (χ4n) is 1.04. The van der Waals surface area contributed by atoms with Gasteiger partial charge < -0.3 is 15.3 Å². The van der Waals surface area contributed by atoms with E-state index >= 15 is 0 Å². The molecule has 0 fully saturated rings. The van der Waals surface area contributed by atoms with Crippen molar-refractivity contribution in [1.29, 1.82) is 0 Å². The van der Waals surface area contributed by atoms with Crippen LogP contribution in [-0.4, -0.2) is 10.1 Å². The number of aryl methyl sites for hydroxylation is 1. The summed E-state index contributed by atoms with van der Waals surface area (Å²) in [6.45, 7) is 3.89. The van der Waals surface area contributed by atoms with E-state index < -0.39 is 6.10 Å². The largest absolute Gasteiger partial charge is 0.443 e. The maximum atomic E-state index is 9.26. The number of nitrogens with two attached hydrogens (primary N) is 1. The zero-order chi connectivity index (χ0) is 9.14. The first kappa shape index (κ1) is 9.22. The van der Waals surface area contributed by atoms with Crippen molar-refractivity contribution in [3.63, 3.8) is 0 Å². The van der Waals surface area contributed by atoms with Crippen molar-refractivity contribution in [2.45, 2.75) is 32.9 Å². The first-order valence-corrected chi connectivity index (χ1v) is 4.05. The Hall–Kier alpha value is -0.870. The molecule has 0 amide bonds. The minimum Gasteiger partial charge on any atom is -0.443 e. The molecule has 1 aromatic heterocycles. The smallest absolute Gasteiger partial charge is 0.194 e. The predicted molar refractivity (Wildman–Crippen MR) is 44.4 cm³/mol. The van der Waals surface area contributed by atoms with Gasteiger partial charge in [0.05, 0.1) is 5.69 Å². The Morgan fingerprint density at radius 1 is 1.67 bits per heavy atom. The summed E-state index contributed by atoms with van der Waals surface area (Å²) in [5, 5.41) is 9.26. The first-order chi connectivity index (χ1) is 5.69. The Morgan fingerprint density at radius 2 is 2.33 bits per heavy atom. The third kappa shape index (κ3) is 1.65. The fourth-order valence-corrected chi connectivity index (χ4v) is 1.04. The van der Waals surface area contributed by atoms with Crippen LogP contribution in [0.15, 0.2) is 4.42 Å². The van der Waals surface area contributed by atoms with Crippen molar-refractivity contribution in [1.82, 2.24) is 4.98 Å². The Balaban J connectivity index is 3.00. The van der Waals surface area contributed by atoms with Crippen LogP contribution in [0.4, 0.5) is 0 Å². The van der Waals surface area contributed by atoms with Gasteiger partial charge in [-0.25, -0.2) is 4.98 Å². The van der Waals surface area contributed by atoms with E-state index in [-0.39, 0.29) is 0 Å². The average molecular weight is 170 g/mol. The molecule has 1 heterocycles. The molecule has 0 saturated heterocycles. The van der Waals surface area contributed by atoms with Crippen LogP contribution >= 0.6 is 0 Å². The number of rotatable bonds is 3. The Bertz CT molecular complexity index is 256. The summed E-state index contributed by atoms with van der Waals surface area (Å²) in [6.07, 6.45) is 0.0936. The van der Waals surface area contributed by atoms with Crippen LogP contribution in [0.1, 0.15) is 37.3 Å². The lowest BCUT2D eigenvalue weighted by Gasteiger charge is -1.99. The topological polar surface area (TPSA) is 72.3 Å². The van der Waals surface area contributed by atoms with Crippen molar-refractivity contribution in [2.24, 2.45) is 5.73 Å². The monoisotopic (exact) mass is 170 g/mol. The molecule has 0 radical (unpaired) electrons. The van der Waals surface area contributed by atoms with Crippen molar-refractivity contribution < 1.29 is 9.52 Å². The van der Waals surface area contributed by atoms with Gasteiger partial charge in [0, 0.05) is 13.0 Å². The Morgan fingerprint density at radius 3 is 2.67 bits per heavy atom. The molecule has 0 aliphatic carbocycles. The minimum absolute atomic E-state index is 0.309. The standard InChI is InChI=1S/C8H14N2O2/c1-3-7-10-6(4-9)8(12-7)5(2)11/h5,11H,3-4,9H2,1-2H3. The molecule has 1 rings (SSSR count). The highest BCUT2D eigenvalue weighted by atomic mass is 16.4. The molecular weight excluding hydrogens is 156 g/mol. The summed E-state index contributed by atoms with van der Waals surface area (Å²) in [5.41, 5.74) is 6.08. The highest BCUT2D eigenvalue weighted by molar-refractivity contribution is 5.11. The molecule has 1 unspecified atom stereocenters. The number of aliphatic hydroxyl groups is 1. The molecule has 3 N–H and O–H groups in total. The molecule has 0 aliphatic heterocycles. The Kier molecular flexibility index (Phi) is 2.83. The van der Waals surface area contributed by atoms with Gasteiger partial charge in [-0.1, -0.05) is 6.92 Å². The van der Waals surface area contributed by atoms with E-state index in [1.165, 1.54) is 0 Å². The lowest BCUT2D eigenvalue weighted by molar-refractivity contribution is 0.166. The second kappa shape index (κ2) is 3.69. The van der Waals surface area contributed by atoms with E-state index in [1.54, 1.807) is 6.92 Å². The van der Waals surface area contributed by atoms with Gasteiger partial charge >= 0.3 is 0 Å². The third-order valence-corrected chi connectivity index (χ3v) is 1.65. The summed E-state index contributed by atoms with van der Waals surface area (Å²) >= 11 is 0. The number of aliphatic hydroxyl groups excluding tert-OH is 1. The molecule has 1 aromatic rings. The van der Waals surface area contributed by atoms with Crippen LogP contribution < -0.4 is 5.73 Å². The molecule has 68 valence electrons. The highest BCUT2D eigenvalue weighted by Gasteiger charge is 2.14. The van der Waals surface area contributed by atoms with Gasteiger partial charge in [0.25, 0.3) is 0 Å². The third-order valence-electron chi connectivity index (χ3n) is 1.65. The number of nitrogens with zero attached hydrogens (tertiary/aromatic N) is 1. The summed E-state index contributed by atoms with van der Waals surface area (Å²) in [7, 11) is 0. The van der Waals surface area contributed by atoms with E-state index in [0.717, 1.165) is 6.42 Å². The van der Waals surface area contributed by atoms with Gasteiger partial charge in [-0.3, -0.25) is 0 Å². The highest BCUT2D eigenvalue weighted by Crippen LogP contribution is 2.18. The minimum atomic E-state index is -0.628. The number of oxazole rings is 1. The van der Waals surface area contributed by atoms with E-state index in [9.17, 15) is 5.11 Å². The maximum Gasteiger partial charge on any atom is 0.194 e. The molecule has 1 atom stereocenters.